The number of alkyl halides is 1. The fraction of sp³-hybridized carbons (Fsp3) is 0.615. The maximum atomic E-state index is 11.0. The van der Waals surface area contributed by atoms with E-state index in [0.717, 1.165) is 5.88 Å². The quantitative estimate of drug-likeness (QED) is 0.219. The molecule has 0 saturated carbocycles. The van der Waals surface area contributed by atoms with Crippen LogP contribution in [0, 0.1) is 0 Å². The molecule has 21 heavy (non-hydrogen) atoms. The molecule has 0 radical (unpaired) electrons. The van der Waals surface area contributed by atoms with Gasteiger partial charge in [-0.25, -0.2) is 14.4 Å². The fourth-order valence-electron chi connectivity index (χ4n) is 1.37. The molecule has 0 fully saturated rings. The molecule has 0 aromatic heterocycles. The molecule has 0 amide bonds. The summed E-state index contributed by atoms with van der Waals surface area (Å²) in [5.41, 5.74) is -0.457. The number of hydrogen-bond acceptors (Lipinski definition) is 6. The van der Waals surface area contributed by atoms with Crippen LogP contribution in [0.5, 0.6) is 0 Å². The number of hydrogen-bond donors (Lipinski definition) is 3. The molecule has 8 heteroatoms. The van der Waals surface area contributed by atoms with Crippen LogP contribution >= 0.6 is 11.6 Å². The van der Waals surface area contributed by atoms with Gasteiger partial charge in [-0.3, -0.25) is 0 Å². The zero-order valence-corrected chi connectivity index (χ0v) is 12.6. The molecule has 1 heterocycles. The van der Waals surface area contributed by atoms with Gasteiger partial charge in [0.2, 0.25) is 0 Å². The van der Waals surface area contributed by atoms with Gasteiger partial charge >= 0.3 is 17.9 Å². The average Bonchev–Trinajstić information content (AvgIpc) is 2.63. The number of carboxylic acids is 1. The van der Waals surface area contributed by atoms with E-state index in [9.17, 15) is 14.4 Å². The highest BCUT2D eigenvalue weighted by Crippen LogP contribution is 2.24. The summed E-state index contributed by atoms with van der Waals surface area (Å²) >= 11 is 5.38. The molecule has 1 rings (SSSR count). The van der Waals surface area contributed by atoms with Crippen LogP contribution in [0.1, 0.15) is 39.5 Å². The number of rotatable bonds is 6. The first-order chi connectivity index (χ1) is 9.67. The summed E-state index contributed by atoms with van der Waals surface area (Å²) in [7, 11) is 0. The Morgan fingerprint density at radius 1 is 1.24 bits per heavy atom. The molecule has 0 bridgehead atoms. The molecule has 0 aromatic rings. The highest BCUT2D eigenvalue weighted by Gasteiger charge is 2.40. The highest BCUT2D eigenvalue weighted by molar-refractivity contribution is 6.17. The number of aliphatic hydroxyl groups is 2. The van der Waals surface area contributed by atoms with E-state index in [4.69, 9.17) is 26.9 Å². The Bertz CT molecular complexity index is 436. The standard InChI is InChI=1S/C8H8O7.C5H11Cl/c1-3-4(6(10)15-5(3)9)2-8(13,14)7(11)12;1-2-3-4-5-6/h13-14H,2H2,1H3,(H,11,12);2-5H2,1H3. The van der Waals surface area contributed by atoms with Crippen molar-refractivity contribution in [1.82, 2.24) is 0 Å². The van der Waals surface area contributed by atoms with Crippen LogP contribution in [0.15, 0.2) is 11.1 Å². The monoisotopic (exact) mass is 322 g/mol. The molecule has 0 spiro atoms. The topological polar surface area (TPSA) is 121 Å². The summed E-state index contributed by atoms with van der Waals surface area (Å²) in [5, 5.41) is 26.3. The van der Waals surface area contributed by atoms with Crippen molar-refractivity contribution in [2.24, 2.45) is 0 Å². The first kappa shape index (κ1) is 19.6. The maximum absolute atomic E-state index is 11.0. The molecule has 120 valence electrons. The molecule has 0 atom stereocenters. The van der Waals surface area contributed by atoms with Gasteiger partial charge in [0.15, 0.2) is 0 Å². The highest BCUT2D eigenvalue weighted by atomic mass is 35.5. The van der Waals surface area contributed by atoms with E-state index in [1.54, 1.807) is 0 Å². The number of carbonyl (C=O) groups is 3. The third-order valence-corrected chi connectivity index (χ3v) is 2.96. The van der Waals surface area contributed by atoms with Crippen molar-refractivity contribution in [2.45, 2.75) is 45.3 Å². The Morgan fingerprint density at radius 2 is 1.81 bits per heavy atom. The number of cyclic esters (lactones) is 2. The van der Waals surface area contributed by atoms with Crippen LogP contribution < -0.4 is 0 Å². The van der Waals surface area contributed by atoms with Crippen LogP contribution in [-0.2, 0) is 19.1 Å². The molecule has 1 aliphatic rings. The zero-order chi connectivity index (χ0) is 16.6. The minimum Gasteiger partial charge on any atom is -0.477 e. The van der Waals surface area contributed by atoms with Crippen molar-refractivity contribution in [3.8, 4) is 0 Å². The van der Waals surface area contributed by atoms with Crippen LogP contribution in [0.3, 0.4) is 0 Å². The van der Waals surface area contributed by atoms with Gasteiger partial charge in [0, 0.05) is 17.9 Å². The second kappa shape index (κ2) is 8.76. The molecule has 0 aromatic carbocycles. The summed E-state index contributed by atoms with van der Waals surface area (Å²) < 4.78 is 4.14. The van der Waals surface area contributed by atoms with E-state index < -0.39 is 30.1 Å². The Hall–Kier alpha value is -1.44. The number of unbranched alkanes of at least 4 members (excludes halogenated alkanes) is 2. The van der Waals surface area contributed by atoms with Crippen LogP contribution in [-0.4, -0.2) is 44.9 Å². The Labute approximate surface area is 127 Å². The van der Waals surface area contributed by atoms with Gasteiger partial charge in [-0.15, -0.1) is 11.6 Å². The Balaban J connectivity index is 0.000000567. The Kier molecular flexibility index (Phi) is 8.16. The summed E-state index contributed by atoms with van der Waals surface area (Å²) in [6.07, 6.45) is 2.84. The largest absolute Gasteiger partial charge is 0.477 e. The average molecular weight is 323 g/mol. The minimum atomic E-state index is -3.08. The number of halogens is 1. The fourth-order valence-corrected chi connectivity index (χ4v) is 1.56. The molecule has 0 aliphatic carbocycles. The van der Waals surface area contributed by atoms with Crippen molar-refractivity contribution in [3.05, 3.63) is 11.1 Å². The second-order valence-electron chi connectivity index (χ2n) is 4.48. The third-order valence-electron chi connectivity index (χ3n) is 2.69. The molecule has 1 aliphatic heterocycles. The lowest BCUT2D eigenvalue weighted by Crippen LogP contribution is -2.39. The molecule has 0 saturated heterocycles. The molecular formula is C13H19ClO7. The number of carboxylic acid groups (broad SMARTS) is 1. The second-order valence-corrected chi connectivity index (χ2v) is 4.85. The first-order valence-corrected chi connectivity index (χ1v) is 6.91. The van der Waals surface area contributed by atoms with Crippen molar-refractivity contribution < 1.29 is 34.4 Å². The van der Waals surface area contributed by atoms with Crippen LogP contribution in [0.25, 0.3) is 0 Å². The predicted molar refractivity (Wildman–Crippen MR) is 73.5 cm³/mol. The first-order valence-electron chi connectivity index (χ1n) is 6.37. The number of aliphatic carboxylic acids is 1. The zero-order valence-electron chi connectivity index (χ0n) is 11.9. The van der Waals surface area contributed by atoms with Gasteiger partial charge in [-0.1, -0.05) is 19.8 Å². The summed E-state index contributed by atoms with van der Waals surface area (Å²) in [4.78, 5) is 32.2. The molecule has 3 N–H and O–H groups in total. The lowest BCUT2D eigenvalue weighted by Gasteiger charge is -2.15. The van der Waals surface area contributed by atoms with E-state index in [-0.39, 0.29) is 11.1 Å². The van der Waals surface area contributed by atoms with Gasteiger partial charge in [-0.05, 0) is 13.3 Å². The van der Waals surface area contributed by atoms with E-state index in [0.29, 0.717) is 0 Å². The van der Waals surface area contributed by atoms with Crippen molar-refractivity contribution in [2.75, 3.05) is 5.88 Å². The van der Waals surface area contributed by atoms with Gasteiger partial charge < -0.3 is 20.1 Å². The van der Waals surface area contributed by atoms with Gasteiger partial charge in [0.05, 0.1) is 5.57 Å². The number of ether oxygens (including phenoxy) is 1. The van der Waals surface area contributed by atoms with E-state index >= 15 is 0 Å². The normalized spacial score (nSPS) is 14.7. The van der Waals surface area contributed by atoms with Crippen molar-refractivity contribution >= 4 is 29.5 Å². The van der Waals surface area contributed by atoms with E-state index in [1.807, 2.05) is 0 Å². The van der Waals surface area contributed by atoms with Crippen LogP contribution in [0.4, 0.5) is 0 Å². The number of carbonyl (C=O) groups excluding carboxylic acids is 2. The third kappa shape index (κ3) is 6.24. The summed E-state index contributed by atoms with van der Waals surface area (Å²) in [6.45, 7) is 3.41. The predicted octanol–water partition coefficient (Wildman–Crippen LogP) is 0.957. The SMILES string of the molecule is CC1=C(CC(O)(O)C(=O)O)C(=O)OC1=O.CCCCCCl. The van der Waals surface area contributed by atoms with Gasteiger partial charge in [0.25, 0.3) is 5.79 Å². The molecular weight excluding hydrogens is 304 g/mol. The molecule has 0 unspecified atom stereocenters. The number of esters is 2. The van der Waals surface area contributed by atoms with E-state index in [2.05, 4.69) is 11.7 Å². The van der Waals surface area contributed by atoms with Gasteiger partial charge in [-0.2, -0.15) is 0 Å². The Morgan fingerprint density at radius 3 is 2.10 bits per heavy atom. The molecule has 7 nitrogen and oxygen atoms in total. The van der Waals surface area contributed by atoms with Crippen molar-refractivity contribution in [3.63, 3.8) is 0 Å². The smallest absolute Gasteiger partial charge is 0.364 e. The summed E-state index contributed by atoms with van der Waals surface area (Å²) in [5.74, 6) is -6.12. The lowest BCUT2D eigenvalue weighted by atomic mass is 10.0. The maximum Gasteiger partial charge on any atom is 0.364 e. The van der Waals surface area contributed by atoms with E-state index in [1.165, 1.54) is 26.2 Å². The summed E-state index contributed by atoms with van der Waals surface area (Å²) in [6, 6.07) is 0. The van der Waals surface area contributed by atoms with Crippen LogP contribution in [0.2, 0.25) is 0 Å². The van der Waals surface area contributed by atoms with Crippen molar-refractivity contribution in [1.29, 1.82) is 0 Å². The van der Waals surface area contributed by atoms with Gasteiger partial charge in [0.1, 0.15) is 0 Å². The lowest BCUT2D eigenvalue weighted by molar-refractivity contribution is -0.203. The minimum absolute atomic E-state index is 0.117.